The van der Waals surface area contributed by atoms with Crippen molar-refractivity contribution in [3.8, 4) is 0 Å². The van der Waals surface area contributed by atoms with E-state index in [0.717, 1.165) is 6.42 Å². The van der Waals surface area contributed by atoms with E-state index in [0.29, 0.717) is 0 Å². The Labute approximate surface area is 51.1 Å². The van der Waals surface area contributed by atoms with Gasteiger partial charge in [0.05, 0.1) is 0 Å². The summed E-state index contributed by atoms with van der Waals surface area (Å²) in [7, 11) is 0. The Morgan fingerprint density at radius 1 is 1.50 bits per heavy atom. The van der Waals surface area contributed by atoms with Crippen molar-refractivity contribution in [3.05, 3.63) is 0 Å². The fourth-order valence-electron chi connectivity index (χ4n) is 0.485. The van der Waals surface area contributed by atoms with Gasteiger partial charge < -0.3 is 0 Å². The number of alkyl halides is 1. The average molecular weight is 118 g/mol. The zero-order valence-corrected chi connectivity index (χ0v) is 6.16. The average Bonchev–Trinajstić information content (AvgIpc) is 1.62. The van der Waals surface area contributed by atoms with E-state index in [9.17, 15) is 4.39 Å². The molecule has 0 aromatic carbocycles. The molecule has 0 unspecified atom stereocenters. The van der Waals surface area contributed by atoms with Crippen molar-refractivity contribution in [1.82, 2.24) is 0 Å². The van der Waals surface area contributed by atoms with E-state index >= 15 is 0 Å². The second-order valence-electron chi connectivity index (χ2n) is 2.87. The lowest BCUT2D eigenvalue weighted by Gasteiger charge is -2.20. The maximum absolute atomic E-state index is 12.8. The SMILES string of the molecule is CC[C@H](C)C(C)(C)F. The molecule has 0 rings (SSSR count). The Balaban J connectivity index is 3.62. The fourth-order valence-corrected chi connectivity index (χ4v) is 0.485. The lowest BCUT2D eigenvalue weighted by atomic mass is 9.93. The molecule has 0 aliphatic rings. The smallest absolute Gasteiger partial charge is 0.108 e. The number of hydrogen-bond donors (Lipinski definition) is 0. The molecule has 0 radical (unpaired) electrons. The first-order valence-electron chi connectivity index (χ1n) is 3.17. The highest BCUT2D eigenvalue weighted by molar-refractivity contribution is 4.71. The standard InChI is InChI=1S/C7H15F/c1-5-6(2)7(3,4)8/h6H,5H2,1-4H3/t6-/m0/s1. The summed E-state index contributed by atoms with van der Waals surface area (Å²) in [6.45, 7) is 7.19. The summed E-state index contributed by atoms with van der Waals surface area (Å²) in [5.74, 6) is 0.183. The van der Waals surface area contributed by atoms with Crippen molar-refractivity contribution in [1.29, 1.82) is 0 Å². The van der Waals surface area contributed by atoms with Crippen LogP contribution in [0.15, 0.2) is 0 Å². The highest BCUT2D eigenvalue weighted by Gasteiger charge is 2.22. The van der Waals surface area contributed by atoms with E-state index in [1.165, 1.54) is 0 Å². The van der Waals surface area contributed by atoms with Crippen LogP contribution in [0.5, 0.6) is 0 Å². The van der Waals surface area contributed by atoms with Gasteiger partial charge in [0, 0.05) is 0 Å². The summed E-state index contributed by atoms with van der Waals surface area (Å²) in [4.78, 5) is 0. The highest BCUT2D eigenvalue weighted by Crippen LogP contribution is 2.22. The minimum atomic E-state index is -0.991. The molecule has 0 aliphatic heterocycles. The third-order valence-corrected chi connectivity index (χ3v) is 1.78. The third kappa shape index (κ3) is 2.29. The summed E-state index contributed by atoms with van der Waals surface area (Å²) >= 11 is 0. The van der Waals surface area contributed by atoms with Gasteiger partial charge >= 0.3 is 0 Å². The number of rotatable bonds is 2. The zero-order chi connectivity index (χ0) is 6.78. The molecule has 0 aliphatic carbocycles. The minimum absolute atomic E-state index is 0.183. The summed E-state index contributed by atoms with van der Waals surface area (Å²) < 4.78 is 12.8. The van der Waals surface area contributed by atoms with Gasteiger partial charge in [-0.3, -0.25) is 0 Å². The van der Waals surface area contributed by atoms with Gasteiger partial charge in [-0.25, -0.2) is 4.39 Å². The van der Waals surface area contributed by atoms with E-state index < -0.39 is 5.67 Å². The van der Waals surface area contributed by atoms with Crippen LogP contribution < -0.4 is 0 Å². The summed E-state index contributed by atoms with van der Waals surface area (Å²) in [6.07, 6.45) is 0.920. The third-order valence-electron chi connectivity index (χ3n) is 1.78. The quantitative estimate of drug-likeness (QED) is 0.523. The minimum Gasteiger partial charge on any atom is -0.244 e. The summed E-state index contributed by atoms with van der Waals surface area (Å²) in [5.41, 5.74) is -0.991. The van der Waals surface area contributed by atoms with Crippen LogP contribution in [-0.2, 0) is 0 Å². The number of hydrogen-bond acceptors (Lipinski definition) is 0. The van der Waals surface area contributed by atoms with Gasteiger partial charge in [0.15, 0.2) is 0 Å². The van der Waals surface area contributed by atoms with E-state index in [1.54, 1.807) is 13.8 Å². The predicted molar refractivity (Wildman–Crippen MR) is 34.6 cm³/mol. The molecule has 0 spiro atoms. The lowest BCUT2D eigenvalue weighted by Crippen LogP contribution is -2.21. The molecule has 8 heavy (non-hydrogen) atoms. The zero-order valence-electron chi connectivity index (χ0n) is 6.16. The summed E-state index contributed by atoms with van der Waals surface area (Å²) in [5, 5.41) is 0. The van der Waals surface area contributed by atoms with Crippen molar-refractivity contribution < 1.29 is 4.39 Å². The fraction of sp³-hybridized carbons (Fsp3) is 1.00. The van der Waals surface area contributed by atoms with Gasteiger partial charge in [-0.1, -0.05) is 20.3 Å². The molecule has 1 atom stereocenters. The van der Waals surface area contributed by atoms with Gasteiger partial charge in [-0.05, 0) is 19.8 Å². The Kier molecular flexibility index (Phi) is 2.45. The van der Waals surface area contributed by atoms with Crippen LogP contribution in [0.3, 0.4) is 0 Å². The van der Waals surface area contributed by atoms with Gasteiger partial charge in [-0.15, -0.1) is 0 Å². The normalized spacial score (nSPS) is 16.1. The van der Waals surface area contributed by atoms with Gasteiger partial charge in [0.1, 0.15) is 5.67 Å². The first-order chi connectivity index (χ1) is 3.48. The molecule has 0 nitrogen and oxygen atoms in total. The van der Waals surface area contributed by atoms with Crippen LogP contribution in [0.4, 0.5) is 4.39 Å². The molecule has 1 heteroatoms. The second kappa shape index (κ2) is 2.47. The Hall–Kier alpha value is -0.0700. The monoisotopic (exact) mass is 118 g/mol. The topological polar surface area (TPSA) is 0 Å². The highest BCUT2D eigenvalue weighted by atomic mass is 19.1. The Bertz CT molecular complexity index is 61.3. The van der Waals surface area contributed by atoms with Crippen LogP contribution in [-0.4, -0.2) is 5.67 Å². The Morgan fingerprint density at radius 3 is 1.88 bits per heavy atom. The number of halogens is 1. The lowest BCUT2D eigenvalue weighted by molar-refractivity contribution is 0.133. The molecule has 0 saturated heterocycles. The van der Waals surface area contributed by atoms with Crippen LogP contribution >= 0.6 is 0 Å². The van der Waals surface area contributed by atoms with Crippen LogP contribution in [0.25, 0.3) is 0 Å². The molecule has 0 aromatic rings. The van der Waals surface area contributed by atoms with Crippen molar-refractivity contribution in [2.75, 3.05) is 0 Å². The molecular formula is C7H15F. The molecule has 0 saturated carbocycles. The molecule has 0 bridgehead atoms. The van der Waals surface area contributed by atoms with Crippen molar-refractivity contribution in [3.63, 3.8) is 0 Å². The molecule has 0 aromatic heterocycles. The van der Waals surface area contributed by atoms with E-state index in [4.69, 9.17) is 0 Å². The van der Waals surface area contributed by atoms with Crippen molar-refractivity contribution >= 4 is 0 Å². The predicted octanol–water partition coefficient (Wildman–Crippen LogP) is 2.78. The first-order valence-corrected chi connectivity index (χ1v) is 3.17. The molecule has 0 fully saturated rings. The summed E-state index contributed by atoms with van der Waals surface area (Å²) in [6, 6.07) is 0. The maximum atomic E-state index is 12.8. The maximum Gasteiger partial charge on any atom is 0.108 e. The van der Waals surface area contributed by atoms with E-state index in [-0.39, 0.29) is 5.92 Å². The van der Waals surface area contributed by atoms with Gasteiger partial charge in [0.25, 0.3) is 0 Å². The molecule has 0 heterocycles. The Morgan fingerprint density at radius 2 is 1.88 bits per heavy atom. The molecular weight excluding hydrogens is 103 g/mol. The molecule has 50 valence electrons. The van der Waals surface area contributed by atoms with Gasteiger partial charge in [0.2, 0.25) is 0 Å². The molecule has 0 N–H and O–H groups in total. The largest absolute Gasteiger partial charge is 0.244 e. The van der Waals surface area contributed by atoms with Crippen molar-refractivity contribution in [2.24, 2.45) is 5.92 Å². The first kappa shape index (κ1) is 7.93. The second-order valence-corrected chi connectivity index (χ2v) is 2.87. The molecule has 0 amide bonds. The van der Waals surface area contributed by atoms with E-state index in [1.807, 2.05) is 13.8 Å². The van der Waals surface area contributed by atoms with Crippen molar-refractivity contribution in [2.45, 2.75) is 39.8 Å². The van der Waals surface area contributed by atoms with Gasteiger partial charge in [-0.2, -0.15) is 0 Å². The van der Waals surface area contributed by atoms with Crippen LogP contribution in [0.1, 0.15) is 34.1 Å². The van der Waals surface area contributed by atoms with Crippen LogP contribution in [0, 0.1) is 5.92 Å². The van der Waals surface area contributed by atoms with E-state index in [2.05, 4.69) is 0 Å². The van der Waals surface area contributed by atoms with Crippen LogP contribution in [0.2, 0.25) is 0 Å².